The molecule has 0 aliphatic carbocycles. The van der Waals surface area contributed by atoms with Crippen LogP contribution < -0.4 is 0 Å². The highest BCUT2D eigenvalue weighted by Crippen LogP contribution is 2.12. The fraction of sp³-hybridized carbons (Fsp3) is 0.429. The second kappa shape index (κ2) is 2.74. The Labute approximate surface area is 64.4 Å². The number of hydrogen-bond donors (Lipinski definition) is 0. The van der Waals surface area contributed by atoms with Crippen molar-refractivity contribution in [1.82, 2.24) is 4.90 Å². The molecule has 1 rings (SSSR count). The molecule has 1 aliphatic heterocycles. The standard InChI is InChI=1S/C7H9NO3/c1-5-3-8(7(5)10)4-6(9)11-2/h1,3-4H2,2H3. The lowest BCUT2D eigenvalue weighted by molar-refractivity contribution is -0.148. The number of carbonyl (C=O) groups is 2. The molecular formula is C7H9NO3. The largest absolute Gasteiger partial charge is 0.468 e. The monoisotopic (exact) mass is 155 g/mol. The van der Waals surface area contributed by atoms with Crippen molar-refractivity contribution in [1.29, 1.82) is 0 Å². The minimum absolute atomic E-state index is 0.0361. The summed E-state index contributed by atoms with van der Waals surface area (Å²) in [4.78, 5) is 22.8. The van der Waals surface area contributed by atoms with Crippen LogP contribution in [0.3, 0.4) is 0 Å². The van der Waals surface area contributed by atoms with Crippen LogP contribution >= 0.6 is 0 Å². The molecule has 0 unspecified atom stereocenters. The average molecular weight is 155 g/mol. The molecule has 1 aliphatic rings. The van der Waals surface area contributed by atoms with Crippen molar-refractivity contribution < 1.29 is 14.3 Å². The summed E-state index contributed by atoms with van der Waals surface area (Å²) in [6, 6.07) is 0. The van der Waals surface area contributed by atoms with E-state index in [9.17, 15) is 9.59 Å². The topological polar surface area (TPSA) is 46.6 Å². The van der Waals surface area contributed by atoms with Gasteiger partial charge in [0.15, 0.2) is 0 Å². The zero-order valence-electron chi connectivity index (χ0n) is 6.29. The molecule has 1 heterocycles. The molecule has 0 N–H and O–H groups in total. The second-order valence-corrected chi connectivity index (χ2v) is 2.34. The number of nitrogens with zero attached hydrogens (tertiary/aromatic N) is 1. The first-order valence-electron chi connectivity index (χ1n) is 3.19. The first kappa shape index (κ1) is 7.78. The van der Waals surface area contributed by atoms with E-state index >= 15 is 0 Å². The third-order valence-electron chi connectivity index (χ3n) is 1.52. The highest BCUT2D eigenvalue weighted by atomic mass is 16.5. The number of hydrogen-bond acceptors (Lipinski definition) is 3. The Balaban J connectivity index is 2.36. The molecule has 0 bridgehead atoms. The molecule has 60 valence electrons. The SMILES string of the molecule is C=C1CN(CC(=O)OC)C1=O. The molecular weight excluding hydrogens is 146 g/mol. The molecule has 0 aromatic rings. The summed E-state index contributed by atoms with van der Waals surface area (Å²) in [6.45, 7) is 4.00. The fourth-order valence-electron chi connectivity index (χ4n) is 0.850. The normalized spacial score (nSPS) is 16.3. The Kier molecular flexibility index (Phi) is 1.94. The van der Waals surface area contributed by atoms with Crippen LogP contribution in [0.25, 0.3) is 0 Å². The molecule has 0 saturated carbocycles. The van der Waals surface area contributed by atoms with Gasteiger partial charge in [-0.05, 0) is 0 Å². The number of methoxy groups -OCH3 is 1. The Bertz CT molecular complexity index is 222. The summed E-state index contributed by atoms with van der Waals surface area (Å²) < 4.78 is 4.38. The van der Waals surface area contributed by atoms with Crippen LogP contribution in [0.1, 0.15) is 0 Å². The smallest absolute Gasteiger partial charge is 0.325 e. The van der Waals surface area contributed by atoms with Crippen LogP contribution in [0.4, 0.5) is 0 Å². The van der Waals surface area contributed by atoms with Gasteiger partial charge in [-0.2, -0.15) is 0 Å². The van der Waals surface area contributed by atoms with Crippen molar-refractivity contribution in [2.45, 2.75) is 0 Å². The van der Waals surface area contributed by atoms with Crippen molar-refractivity contribution in [2.75, 3.05) is 20.2 Å². The van der Waals surface area contributed by atoms with E-state index in [1.807, 2.05) is 0 Å². The van der Waals surface area contributed by atoms with E-state index in [0.717, 1.165) is 0 Å². The molecule has 1 saturated heterocycles. The van der Waals surface area contributed by atoms with Gasteiger partial charge < -0.3 is 9.64 Å². The zero-order valence-corrected chi connectivity index (χ0v) is 6.29. The van der Waals surface area contributed by atoms with Gasteiger partial charge in [-0.1, -0.05) is 6.58 Å². The van der Waals surface area contributed by atoms with Crippen molar-refractivity contribution in [3.8, 4) is 0 Å². The van der Waals surface area contributed by atoms with E-state index in [1.54, 1.807) is 0 Å². The van der Waals surface area contributed by atoms with E-state index in [4.69, 9.17) is 0 Å². The van der Waals surface area contributed by atoms with E-state index in [2.05, 4.69) is 11.3 Å². The molecule has 11 heavy (non-hydrogen) atoms. The molecule has 0 atom stereocenters. The number of carbonyl (C=O) groups excluding carboxylic acids is 2. The van der Waals surface area contributed by atoms with Gasteiger partial charge in [-0.15, -0.1) is 0 Å². The molecule has 4 nitrogen and oxygen atoms in total. The summed E-state index contributed by atoms with van der Waals surface area (Å²) >= 11 is 0. The Morgan fingerprint density at radius 1 is 1.82 bits per heavy atom. The molecule has 1 fully saturated rings. The maximum absolute atomic E-state index is 10.8. The van der Waals surface area contributed by atoms with Gasteiger partial charge >= 0.3 is 5.97 Å². The van der Waals surface area contributed by atoms with Gasteiger partial charge in [0, 0.05) is 5.57 Å². The number of likely N-dealkylation sites (tertiary alicyclic amines) is 1. The maximum atomic E-state index is 10.8. The summed E-state index contributed by atoms with van der Waals surface area (Å²) in [7, 11) is 1.29. The summed E-state index contributed by atoms with van der Waals surface area (Å²) in [5.41, 5.74) is 0.550. The third kappa shape index (κ3) is 1.39. The van der Waals surface area contributed by atoms with Crippen LogP contribution in [0, 0.1) is 0 Å². The first-order valence-corrected chi connectivity index (χ1v) is 3.19. The maximum Gasteiger partial charge on any atom is 0.325 e. The predicted molar refractivity (Wildman–Crippen MR) is 37.7 cm³/mol. The summed E-state index contributed by atoms with van der Waals surface area (Å²) in [6.07, 6.45) is 0. The van der Waals surface area contributed by atoms with Gasteiger partial charge in [0.05, 0.1) is 13.7 Å². The van der Waals surface area contributed by atoms with Gasteiger partial charge in [0.1, 0.15) is 6.54 Å². The zero-order chi connectivity index (χ0) is 8.43. The van der Waals surface area contributed by atoms with Gasteiger partial charge in [-0.25, -0.2) is 0 Å². The first-order chi connectivity index (χ1) is 5.15. The minimum Gasteiger partial charge on any atom is -0.468 e. The fourth-order valence-corrected chi connectivity index (χ4v) is 0.850. The number of esters is 1. The van der Waals surface area contributed by atoms with Crippen LogP contribution in [-0.2, 0) is 14.3 Å². The highest BCUT2D eigenvalue weighted by molar-refractivity contribution is 6.01. The molecule has 0 radical (unpaired) electrons. The van der Waals surface area contributed by atoms with Crippen LogP contribution in [0.15, 0.2) is 12.2 Å². The van der Waals surface area contributed by atoms with E-state index in [-0.39, 0.29) is 12.5 Å². The van der Waals surface area contributed by atoms with E-state index in [1.165, 1.54) is 12.0 Å². The highest BCUT2D eigenvalue weighted by Gasteiger charge is 2.29. The van der Waals surface area contributed by atoms with Gasteiger partial charge in [0.2, 0.25) is 0 Å². The molecule has 0 aromatic carbocycles. The molecule has 4 heteroatoms. The minimum atomic E-state index is -0.397. The number of ether oxygens (including phenoxy) is 1. The van der Waals surface area contributed by atoms with Crippen LogP contribution in [0.2, 0.25) is 0 Å². The van der Waals surface area contributed by atoms with E-state index in [0.29, 0.717) is 12.1 Å². The Morgan fingerprint density at radius 2 is 2.45 bits per heavy atom. The Hall–Kier alpha value is -1.32. The Morgan fingerprint density at radius 3 is 2.82 bits per heavy atom. The predicted octanol–water partition coefficient (Wildman–Crippen LogP) is -0.442. The quantitative estimate of drug-likeness (QED) is 0.308. The second-order valence-electron chi connectivity index (χ2n) is 2.34. The van der Waals surface area contributed by atoms with Crippen LogP contribution in [-0.4, -0.2) is 37.0 Å². The molecule has 1 amide bonds. The van der Waals surface area contributed by atoms with E-state index < -0.39 is 5.97 Å². The third-order valence-corrected chi connectivity index (χ3v) is 1.52. The van der Waals surface area contributed by atoms with Crippen molar-refractivity contribution >= 4 is 11.9 Å². The number of amides is 1. The van der Waals surface area contributed by atoms with Gasteiger partial charge in [-0.3, -0.25) is 9.59 Å². The summed E-state index contributed by atoms with van der Waals surface area (Å²) in [5.74, 6) is -0.554. The number of β-lactam (4-membered cyclic amide) rings is 1. The van der Waals surface area contributed by atoms with Crippen LogP contribution in [0.5, 0.6) is 0 Å². The lowest BCUT2D eigenvalue weighted by Gasteiger charge is -2.31. The molecule has 0 spiro atoms. The molecule has 0 aromatic heterocycles. The average Bonchev–Trinajstić information content (AvgIpc) is 2.03. The summed E-state index contributed by atoms with van der Waals surface area (Å²) in [5, 5.41) is 0. The number of rotatable bonds is 2. The van der Waals surface area contributed by atoms with Gasteiger partial charge in [0.25, 0.3) is 5.91 Å². The van der Waals surface area contributed by atoms with Crippen molar-refractivity contribution in [3.05, 3.63) is 12.2 Å². The van der Waals surface area contributed by atoms with Crippen molar-refractivity contribution in [3.63, 3.8) is 0 Å². The van der Waals surface area contributed by atoms with Crippen molar-refractivity contribution in [2.24, 2.45) is 0 Å². The lowest BCUT2D eigenvalue weighted by Crippen LogP contribution is -2.48. The lowest BCUT2D eigenvalue weighted by atomic mass is 10.1.